The van der Waals surface area contributed by atoms with Crippen molar-refractivity contribution in [2.45, 2.75) is 6.04 Å². The summed E-state index contributed by atoms with van der Waals surface area (Å²) in [5.41, 5.74) is 0.220. The van der Waals surface area contributed by atoms with E-state index in [0.29, 0.717) is 11.1 Å². The van der Waals surface area contributed by atoms with Crippen molar-refractivity contribution in [2.75, 3.05) is 13.2 Å². The number of non-ortho nitro benzene ring substituents is 1. The molecule has 0 radical (unpaired) electrons. The number of carbonyl (C=O) groups is 2. The maximum absolute atomic E-state index is 12.6. The Morgan fingerprint density at radius 1 is 1.18 bits per heavy atom. The number of hydrogen-bond acceptors (Lipinski definition) is 6. The van der Waals surface area contributed by atoms with Crippen LogP contribution in [-0.4, -0.2) is 44.9 Å². The van der Waals surface area contributed by atoms with E-state index < -0.39 is 29.3 Å². The number of aliphatic hydroxyl groups excluding tert-OH is 2. The molecule has 144 valence electrons. The molecule has 1 fully saturated rings. The Bertz CT molecular complexity index is 986. The second kappa shape index (κ2) is 7.91. The summed E-state index contributed by atoms with van der Waals surface area (Å²) in [6, 6.07) is 10.9. The number of Topliss-reactive ketones (excluding diaryl/α,β-unsaturated/α-hetero) is 1. The molecule has 0 unspecified atom stereocenters. The van der Waals surface area contributed by atoms with Gasteiger partial charge in [0, 0.05) is 28.7 Å². The van der Waals surface area contributed by atoms with Crippen molar-refractivity contribution in [2.24, 2.45) is 0 Å². The molecule has 1 aliphatic rings. The van der Waals surface area contributed by atoms with Crippen LogP contribution in [0.25, 0.3) is 5.76 Å². The second-order valence-electron chi connectivity index (χ2n) is 6.08. The van der Waals surface area contributed by atoms with E-state index in [0.717, 1.165) is 9.37 Å². The molecule has 0 saturated carbocycles. The summed E-state index contributed by atoms with van der Waals surface area (Å²) in [6.07, 6.45) is 0. The van der Waals surface area contributed by atoms with Gasteiger partial charge in [0.1, 0.15) is 5.76 Å². The van der Waals surface area contributed by atoms with E-state index in [4.69, 9.17) is 0 Å². The number of aliphatic hydroxyl groups is 2. The van der Waals surface area contributed by atoms with E-state index in [2.05, 4.69) is 15.9 Å². The fourth-order valence-electron chi connectivity index (χ4n) is 3.14. The van der Waals surface area contributed by atoms with Gasteiger partial charge in [-0.25, -0.2) is 0 Å². The van der Waals surface area contributed by atoms with Gasteiger partial charge in [-0.3, -0.25) is 19.7 Å². The van der Waals surface area contributed by atoms with Gasteiger partial charge < -0.3 is 15.1 Å². The highest BCUT2D eigenvalue weighted by Crippen LogP contribution is 2.40. The van der Waals surface area contributed by atoms with Gasteiger partial charge in [0.25, 0.3) is 17.4 Å². The standard InChI is InChI=1S/C19H15BrN2O6/c20-13-6-4-11(5-7-13)17(24)15-16(21(8-9-23)19(26)18(15)25)12-2-1-3-14(10-12)22(27)28/h1-7,10,16,23-24H,8-9H2/b17-15+/t16-/m1/s1. The van der Waals surface area contributed by atoms with Crippen LogP contribution in [0.3, 0.4) is 0 Å². The van der Waals surface area contributed by atoms with E-state index >= 15 is 0 Å². The number of carbonyl (C=O) groups excluding carboxylic acids is 2. The maximum Gasteiger partial charge on any atom is 0.295 e. The van der Waals surface area contributed by atoms with Crippen LogP contribution in [0, 0.1) is 10.1 Å². The number of hydrogen-bond donors (Lipinski definition) is 2. The zero-order chi connectivity index (χ0) is 20.4. The molecule has 3 rings (SSSR count). The predicted octanol–water partition coefficient (Wildman–Crippen LogP) is 2.77. The maximum atomic E-state index is 12.6. The minimum absolute atomic E-state index is 0.158. The number of amides is 1. The normalized spacial score (nSPS) is 18.5. The number of halogens is 1. The molecule has 2 aromatic rings. The highest BCUT2D eigenvalue weighted by molar-refractivity contribution is 9.10. The minimum Gasteiger partial charge on any atom is -0.507 e. The third-order valence-electron chi connectivity index (χ3n) is 4.40. The SMILES string of the molecule is O=C1C(=O)N(CCO)[C@H](c2cccc([N+](=O)[O-])c2)/C1=C(\O)c1ccc(Br)cc1. The highest BCUT2D eigenvalue weighted by Gasteiger charge is 2.46. The molecule has 0 spiro atoms. The number of ketones is 1. The van der Waals surface area contributed by atoms with Crippen LogP contribution < -0.4 is 0 Å². The zero-order valence-electron chi connectivity index (χ0n) is 14.4. The van der Waals surface area contributed by atoms with Gasteiger partial charge in [0.15, 0.2) is 0 Å². The second-order valence-corrected chi connectivity index (χ2v) is 6.99. The Balaban J connectivity index is 2.20. The first kappa shape index (κ1) is 19.7. The van der Waals surface area contributed by atoms with E-state index in [1.807, 2.05) is 0 Å². The summed E-state index contributed by atoms with van der Waals surface area (Å²) in [4.78, 5) is 36.8. The summed E-state index contributed by atoms with van der Waals surface area (Å²) in [5.74, 6) is -2.18. The van der Waals surface area contributed by atoms with E-state index in [9.17, 15) is 29.9 Å². The summed E-state index contributed by atoms with van der Waals surface area (Å²) < 4.78 is 0.764. The fourth-order valence-corrected chi connectivity index (χ4v) is 3.40. The van der Waals surface area contributed by atoms with E-state index in [1.165, 1.54) is 24.3 Å². The smallest absolute Gasteiger partial charge is 0.295 e. The number of nitro benzene ring substituents is 1. The molecule has 9 heteroatoms. The molecule has 0 aromatic heterocycles. The molecule has 1 amide bonds. The topological polar surface area (TPSA) is 121 Å². The monoisotopic (exact) mass is 446 g/mol. The Kier molecular flexibility index (Phi) is 5.57. The van der Waals surface area contributed by atoms with Gasteiger partial charge in [-0.15, -0.1) is 0 Å². The first-order chi connectivity index (χ1) is 13.3. The number of nitrogens with zero attached hydrogens (tertiary/aromatic N) is 2. The lowest BCUT2D eigenvalue weighted by Crippen LogP contribution is -2.32. The third-order valence-corrected chi connectivity index (χ3v) is 4.92. The Hall–Kier alpha value is -3.04. The predicted molar refractivity (Wildman–Crippen MR) is 103 cm³/mol. The van der Waals surface area contributed by atoms with Crippen molar-refractivity contribution in [1.82, 2.24) is 4.90 Å². The number of benzene rings is 2. The molecule has 1 heterocycles. The van der Waals surface area contributed by atoms with Crippen LogP contribution in [0.5, 0.6) is 0 Å². The van der Waals surface area contributed by atoms with Crippen molar-refractivity contribution < 1.29 is 24.7 Å². The summed E-state index contributed by atoms with van der Waals surface area (Å²) in [6.45, 7) is -0.564. The van der Waals surface area contributed by atoms with Crippen molar-refractivity contribution in [1.29, 1.82) is 0 Å². The van der Waals surface area contributed by atoms with Crippen LogP contribution in [0.1, 0.15) is 17.2 Å². The molecule has 1 saturated heterocycles. The molecular weight excluding hydrogens is 432 g/mol. The van der Waals surface area contributed by atoms with Gasteiger partial charge in [-0.1, -0.05) is 40.2 Å². The van der Waals surface area contributed by atoms with E-state index in [-0.39, 0.29) is 23.6 Å². The molecule has 1 aliphatic heterocycles. The average molecular weight is 447 g/mol. The number of β-amino-alcohol motifs (C(OH)–C–C–N with tert-alkyl or cyclic N) is 1. The molecule has 8 nitrogen and oxygen atoms in total. The Morgan fingerprint density at radius 3 is 2.46 bits per heavy atom. The fraction of sp³-hybridized carbons (Fsp3) is 0.158. The molecule has 2 N–H and O–H groups in total. The van der Waals surface area contributed by atoms with Crippen LogP contribution in [0.4, 0.5) is 5.69 Å². The average Bonchev–Trinajstić information content (AvgIpc) is 2.93. The summed E-state index contributed by atoms with van der Waals surface area (Å²) in [7, 11) is 0. The van der Waals surface area contributed by atoms with Crippen LogP contribution >= 0.6 is 15.9 Å². The largest absolute Gasteiger partial charge is 0.507 e. The van der Waals surface area contributed by atoms with Gasteiger partial charge in [-0.05, 0) is 17.7 Å². The highest BCUT2D eigenvalue weighted by atomic mass is 79.9. The zero-order valence-corrected chi connectivity index (χ0v) is 16.0. The minimum atomic E-state index is -1.05. The quantitative estimate of drug-likeness (QED) is 0.239. The van der Waals surface area contributed by atoms with E-state index in [1.54, 1.807) is 24.3 Å². The molecule has 28 heavy (non-hydrogen) atoms. The number of nitro groups is 1. The first-order valence-electron chi connectivity index (χ1n) is 8.24. The lowest BCUT2D eigenvalue weighted by Gasteiger charge is -2.24. The lowest BCUT2D eigenvalue weighted by atomic mass is 9.95. The first-order valence-corrected chi connectivity index (χ1v) is 9.04. The van der Waals surface area contributed by atoms with Crippen LogP contribution in [0.2, 0.25) is 0 Å². The molecule has 2 aromatic carbocycles. The Morgan fingerprint density at radius 2 is 1.86 bits per heavy atom. The van der Waals surface area contributed by atoms with Gasteiger partial charge in [-0.2, -0.15) is 0 Å². The van der Waals surface area contributed by atoms with Crippen molar-refractivity contribution in [3.8, 4) is 0 Å². The lowest BCUT2D eigenvalue weighted by molar-refractivity contribution is -0.384. The van der Waals surface area contributed by atoms with Crippen LogP contribution in [-0.2, 0) is 9.59 Å². The molecule has 0 aliphatic carbocycles. The molecular formula is C19H15BrN2O6. The third kappa shape index (κ3) is 3.54. The van der Waals surface area contributed by atoms with Gasteiger partial charge in [0.2, 0.25) is 0 Å². The Labute approximate surface area is 168 Å². The van der Waals surface area contributed by atoms with Crippen molar-refractivity contribution in [3.63, 3.8) is 0 Å². The summed E-state index contributed by atoms with van der Waals surface area (Å²) in [5, 5.41) is 31.2. The van der Waals surface area contributed by atoms with Gasteiger partial charge in [0.05, 0.1) is 23.1 Å². The number of rotatable bonds is 5. The van der Waals surface area contributed by atoms with Crippen LogP contribution in [0.15, 0.2) is 58.6 Å². The van der Waals surface area contributed by atoms with Crippen molar-refractivity contribution in [3.05, 3.63) is 79.8 Å². The molecule has 1 atom stereocenters. The van der Waals surface area contributed by atoms with Gasteiger partial charge >= 0.3 is 0 Å². The summed E-state index contributed by atoms with van der Waals surface area (Å²) >= 11 is 3.28. The molecule has 0 bridgehead atoms. The number of likely N-dealkylation sites (tertiary alicyclic amines) is 1. The van der Waals surface area contributed by atoms with Crippen molar-refractivity contribution >= 4 is 39.1 Å².